The molecule has 0 unspecified atom stereocenters. The number of hydrogen-bond acceptors (Lipinski definition) is 8. The Kier molecular flexibility index (Phi) is 4.94. The molecule has 3 aromatic rings. The quantitative estimate of drug-likeness (QED) is 0.572. The number of nitrogens with one attached hydrogen (secondary N) is 1. The second kappa shape index (κ2) is 7.31. The molecule has 9 heteroatoms. The summed E-state index contributed by atoms with van der Waals surface area (Å²) >= 11 is 1.32. The van der Waals surface area contributed by atoms with Crippen molar-refractivity contribution in [2.24, 2.45) is 0 Å². The van der Waals surface area contributed by atoms with Crippen LogP contribution in [0.2, 0.25) is 0 Å². The number of aromatic hydroxyl groups is 2. The number of para-hydroxylation sites is 1. The first-order valence-electron chi connectivity index (χ1n) is 7.41. The number of hydrogen-bond donors (Lipinski definition) is 3. The molecule has 0 fully saturated rings. The van der Waals surface area contributed by atoms with Gasteiger partial charge in [-0.2, -0.15) is 0 Å². The van der Waals surface area contributed by atoms with E-state index in [1.54, 1.807) is 23.7 Å². The Morgan fingerprint density at radius 3 is 2.80 bits per heavy atom. The van der Waals surface area contributed by atoms with Gasteiger partial charge in [-0.3, -0.25) is 4.79 Å². The van der Waals surface area contributed by atoms with Gasteiger partial charge in [-0.05, 0) is 13.0 Å². The number of aromatic nitrogens is 3. The zero-order chi connectivity index (χ0) is 17.8. The third-order valence-electron chi connectivity index (χ3n) is 3.42. The van der Waals surface area contributed by atoms with Crippen molar-refractivity contribution in [3.8, 4) is 11.5 Å². The Hall–Kier alpha value is -2.94. The van der Waals surface area contributed by atoms with Crippen LogP contribution in [0.25, 0.3) is 0 Å². The molecule has 25 heavy (non-hydrogen) atoms. The van der Waals surface area contributed by atoms with E-state index in [1.165, 1.54) is 17.8 Å². The number of phenols is 1. The van der Waals surface area contributed by atoms with E-state index in [1.807, 2.05) is 12.1 Å². The standard InChI is InChI=1S/C16H16N4O4S/c1-10-18-19-16(25-9-12-6-14(22)15(23)8-24-12)20(10)17-7-11-4-2-3-5-13(11)21/h2-6,8,17,21,23H,7,9H2,1H3. The number of nitrogens with zero attached hydrogens (tertiary/aromatic N) is 3. The SMILES string of the molecule is Cc1nnc(SCc2cc(=O)c(O)co2)n1NCc1ccccc1O. The van der Waals surface area contributed by atoms with Crippen LogP contribution in [0.15, 0.2) is 51.0 Å². The molecule has 0 saturated heterocycles. The highest BCUT2D eigenvalue weighted by Crippen LogP contribution is 2.22. The highest BCUT2D eigenvalue weighted by Gasteiger charge is 2.11. The van der Waals surface area contributed by atoms with Crippen LogP contribution in [0.4, 0.5) is 0 Å². The lowest BCUT2D eigenvalue weighted by atomic mass is 10.2. The summed E-state index contributed by atoms with van der Waals surface area (Å²) in [4.78, 5) is 11.4. The van der Waals surface area contributed by atoms with E-state index >= 15 is 0 Å². The van der Waals surface area contributed by atoms with E-state index in [0.717, 1.165) is 11.8 Å². The summed E-state index contributed by atoms with van der Waals surface area (Å²) in [5.74, 6) is 1.22. The summed E-state index contributed by atoms with van der Waals surface area (Å²) in [6.45, 7) is 2.20. The predicted octanol–water partition coefficient (Wildman–Crippen LogP) is 1.99. The van der Waals surface area contributed by atoms with Crippen LogP contribution >= 0.6 is 11.8 Å². The molecular weight excluding hydrogens is 344 g/mol. The fraction of sp³-hybridized carbons (Fsp3) is 0.188. The molecular formula is C16H16N4O4S. The zero-order valence-electron chi connectivity index (χ0n) is 13.3. The number of phenolic OH excluding ortho intramolecular Hbond substituents is 1. The third-order valence-corrected chi connectivity index (χ3v) is 4.38. The van der Waals surface area contributed by atoms with Crippen LogP contribution in [-0.4, -0.2) is 25.1 Å². The molecule has 0 aliphatic carbocycles. The number of aryl methyl sites for hydroxylation is 1. The van der Waals surface area contributed by atoms with Gasteiger partial charge < -0.3 is 20.1 Å². The van der Waals surface area contributed by atoms with Gasteiger partial charge in [0.2, 0.25) is 10.6 Å². The van der Waals surface area contributed by atoms with Crippen molar-refractivity contribution in [2.75, 3.05) is 5.43 Å². The Labute approximate surface area is 147 Å². The highest BCUT2D eigenvalue weighted by molar-refractivity contribution is 7.98. The highest BCUT2D eigenvalue weighted by atomic mass is 32.2. The number of rotatable bonds is 6. The van der Waals surface area contributed by atoms with Crippen molar-refractivity contribution in [3.05, 3.63) is 64.0 Å². The minimum Gasteiger partial charge on any atom is -0.508 e. The summed E-state index contributed by atoms with van der Waals surface area (Å²) in [6, 6.07) is 8.29. The van der Waals surface area contributed by atoms with E-state index in [9.17, 15) is 15.0 Å². The minimum atomic E-state index is -0.489. The lowest BCUT2D eigenvalue weighted by Crippen LogP contribution is -2.17. The molecule has 3 N–H and O–H groups in total. The van der Waals surface area contributed by atoms with Crippen LogP contribution in [0.5, 0.6) is 11.5 Å². The average molecular weight is 360 g/mol. The van der Waals surface area contributed by atoms with Crippen LogP contribution in [0.1, 0.15) is 17.1 Å². The molecule has 0 spiro atoms. The number of benzene rings is 1. The van der Waals surface area contributed by atoms with E-state index < -0.39 is 11.2 Å². The van der Waals surface area contributed by atoms with Crippen molar-refractivity contribution >= 4 is 11.8 Å². The Morgan fingerprint density at radius 2 is 2.04 bits per heavy atom. The topological polar surface area (TPSA) is 113 Å². The molecule has 0 aliphatic rings. The smallest absolute Gasteiger partial charge is 0.226 e. The van der Waals surface area contributed by atoms with Gasteiger partial charge in [-0.1, -0.05) is 30.0 Å². The molecule has 130 valence electrons. The largest absolute Gasteiger partial charge is 0.508 e. The molecule has 0 radical (unpaired) electrons. The van der Waals surface area contributed by atoms with Gasteiger partial charge >= 0.3 is 0 Å². The minimum absolute atomic E-state index is 0.209. The molecule has 0 atom stereocenters. The van der Waals surface area contributed by atoms with Crippen molar-refractivity contribution < 1.29 is 14.6 Å². The van der Waals surface area contributed by atoms with E-state index in [0.29, 0.717) is 29.0 Å². The molecule has 0 saturated carbocycles. The summed E-state index contributed by atoms with van der Waals surface area (Å²) in [5, 5.41) is 27.7. The number of thioether (sulfide) groups is 1. The molecule has 8 nitrogen and oxygen atoms in total. The fourth-order valence-electron chi connectivity index (χ4n) is 2.10. The van der Waals surface area contributed by atoms with Gasteiger partial charge in [0.05, 0.1) is 12.3 Å². The van der Waals surface area contributed by atoms with E-state index in [2.05, 4.69) is 15.6 Å². The second-order valence-corrected chi connectivity index (χ2v) is 6.16. The normalized spacial score (nSPS) is 10.8. The zero-order valence-corrected chi connectivity index (χ0v) is 14.2. The molecule has 0 amide bonds. The van der Waals surface area contributed by atoms with E-state index in [-0.39, 0.29) is 5.75 Å². The van der Waals surface area contributed by atoms with Crippen molar-refractivity contribution in [3.63, 3.8) is 0 Å². The first-order valence-corrected chi connectivity index (χ1v) is 8.39. The van der Waals surface area contributed by atoms with E-state index in [4.69, 9.17) is 4.42 Å². The summed E-state index contributed by atoms with van der Waals surface area (Å²) in [7, 11) is 0. The summed E-state index contributed by atoms with van der Waals surface area (Å²) in [6.07, 6.45) is 1.02. The van der Waals surface area contributed by atoms with Gasteiger partial charge in [0.15, 0.2) is 5.75 Å². The second-order valence-electron chi connectivity index (χ2n) is 5.21. The Morgan fingerprint density at radius 1 is 1.24 bits per heavy atom. The van der Waals surface area contributed by atoms with Crippen LogP contribution in [0, 0.1) is 6.92 Å². The van der Waals surface area contributed by atoms with Gasteiger partial charge in [-0.25, -0.2) is 4.68 Å². The first-order chi connectivity index (χ1) is 12.0. The summed E-state index contributed by atoms with van der Waals surface area (Å²) < 4.78 is 6.87. The predicted molar refractivity (Wildman–Crippen MR) is 92.1 cm³/mol. The van der Waals surface area contributed by atoms with Crippen LogP contribution in [-0.2, 0) is 12.3 Å². The molecule has 0 bridgehead atoms. The maximum atomic E-state index is 11.4. The van der Waals surface area contributed by atoms with Crippen LogP contribution < -0.4 is 10.9 Å². The first kappa shape index (κ1) is 16.9. The Bertz CT molecular complexity index is 938. The molecule has 2 heterocycles. The fourth-order valence-corrected chi connectivity index (χ4v) is 2.95. The molecule has 1 aromatic carbocycles. The van der Waals surface area contributed by atoms with Crippen molar-refractivity contribution in [1.82, 2.24) is 14.9 Å². The third kappa shape index (κ3) is 3.94. The van der Waals surface area contributed by atoms with Gasteiger partial charge in [0.1, 0.15) is 23.6 Å². The molecule has 0 aliphatic heterocycles. The maximum absolute atomic E-state index is 11.4. The van der Waals surface area contributed by atoms with Crippen LogP contribution in [0.3, 0.4) is 0 Å². The monoisotopic (exact) mass is 360 g/mol. The maximum Gasteiger partial charge on any atom is 0.226 e. The van der Waals surface area contributed by atoms with Crippen molar-refractivity contribution in [2.45, 2.75) is 24.4 Å². The molecule has 3 rings (SSSR count). The Balaban J connectivity index is 1.70. The van der Waals surface area contributed by atoms with Gasteiger partial charge in [-0.15, -0.1) is 10.2 Å². The van der Waals surface area contributed by atoms with Gasteiger partial charge in [0, 0.05) is 11.6 Å². The van der Waals surface area contributed by atoms with Crippen molar-refractivity contribution in [1.29, 1.82) is 0 Å². The molecule has 2 aromatic heterocycles. The lowest BCUT2D eigenvalue weighted by molar-refractivity contribution is 0.419. The van der Waals surface area contributed by atoms with Gasteiger partial charge in [0.25, 0.3) is 0 Å². The lowest BCUT2D eigenvalue weighted by Gasteiger charge is -2.12. The average Bonchev–Trinajstić information content (AvgIpc) is 2.95. The summed E-state index contributed by atoms with van der Waals surface area (Å²) in [5.41, 5.74) is 3.41.